The van der Waals surface area contributed by atoms with Crippen molar-refractivity contribution in [1.82, 2.24) is 4.98 Å². The number of alkyl halides is 1. The van der Waals surface area contributed by atoms with E-state index < -0.39 is 12.6 Å². The van der Waals surface area contributed by atoms with Gasteiger partial charge in [0.25, 0.3) is 0 Å². The van der Waals surface area contributed by atoms with Crippen molar-refractivity contribution < 1.29 is 19.0 Å². The second-order valence-corrected chi connectivity index (χ2v) is 7.34. The van der Waals surface area contributed by atoms with Gasteiger partial charge in [-0.1, -0.05) is 24.3 Å². The Labute approximate surface area is 180 Å². The standard InChI is InChI=1S/C24H24FN3O3/c25-10-12-28(18-4-2-1-3-5-18)19-6-7-20-17(9-13-31-23(20)14-19)15-27-22-16-26-11-8-21(22)24(29)30/h1-8,11,14,16-17,27H,9-10,12-13,15H2,(H,29,30). The highest BCUT2D eigenvalue weighted by molar-refractivity contribution is 5.93. The molecule has 0 amide bonds. The molecule has 1 atom stereocenters. The third kappa shape index (κ3) is 4.60. The van der Waals surface area contributed by atoms with Crippen molar-refractivity contribution in [3.05, 3.63) is 78.1 Å². The Morgan fingerprint density at radius 3 is 2.81 bits per heavy atom. The van der Waals surface area contributed by atoms with Crippen molar-refractivity contribution in [3.63, 3.8) is 0 Å². The van der Waals surface area contributed by atoms with E-state index in [0.29, 0.717) is 18.8 Å². The Kier molecular flexibility index (Phi) is 6.31. The molecule has 0 saturated heterocycles. The largest absolute Gasteiger partial charge is 0.493 e. The number of para-hydroxylation sites is 1. The molecule has 2 N–H and O–H groups in total. The second kappa shape index (κ2) is 9.47. The summed E-state index contributed by atoms with van der Waals surface area (Å²) in [5.74, 6) is -0.0539. The molecule has 0 spiro atoms. The van der Waals surface area contributed by atoms with Gasteiger partial charge in [-0.15, -0.1) is 0 Å². The van der Waals surface area contributed by atoms with Gasteiger partial charge < -0.3 is 20.1 Å². The summed E-state index contributed by atoms with van der Waals surface area (Å²) in [4.78, 5) is 17.4. The lowest BCUT2D eigenvalue weighted by Gasteiger charge is -2.29. The molecule has 0 radical (unpaired) electrons. The highest BCUT2D eigenvalue weighted by Gasteiger charge is 2.23. The topological polar surface area (TPSA) is 74.7 Å². The number of halogens is 1. The Hall–Kier alpha value is -3.61. The molecule has 2 aromatic carbocycles. The number of anilines is 3. The molecule has 4 rings (SSSR count). The molecular formula is C24H24FN3O3. The van der Waals surface area contributed by atoms with Gasteiger partial charge in [0.2, 0.25) is 0 Å². The van der Waals surface area contributed by atoms with Gasteiger partial charge in [0, 0.05) is 36.1 Å². The minimum absolute atomic E-state index is 0.158. The van der Waals surface area contributed by atoms with Gasteiger partial charge >= 0.3 is 5.97 Å². The van der Waals surface area contributed by atoms with Crippen molar-refractivity contribution in [3.8, 4) is 5.75 Å². The van der Waals surface area contributed by atoms with Crippen LogP contribution in [0, 0.1) is 0 Å². The van der Waals surface area contributed by atoms with Crippen LogP contribution in [0.2, 0.25) is 0 Å². The molecule has 6 nitrogen and oxygen atoms in total. The lowest BCUT2D eigenvalue weighted by atomic mass is 9.92. The molecule has 1 aliphatic heterocycles. The van der Waals surface area contributed by atoms with E-state index in [1.165, 1.54) is 18.5 Å². The molecule has 3 aromatic rings. The average molecular weight is 421 g/mol. The third-order valence-corrected chi connectivity index (χ3v) is 5.44. The third-order valence-electron chi connectivity index (χ3n) is 5.44. The minimum Gasteiger partial charge on any atom is -0.493 e. The van der Waals surface area contributed by atoms with E-state index in [0.717, 1.165) is 29.1 Å². The Morgan fingerprint density at radius 1 is 1.19 bits per heavy atom. The number of hydrogen-bond acceptors (Lipinski definition) is 5. The van der Waals surface area contributed by atoms with Crippen LogP contribution in [0.3, 0.4) is 0 Å². The molecule has 1 aromatic heterocycles. The SMILES string of the molecule is O=C(O)c1ccncc1NCC1CCOc2cc(N(CCF)c3ccccc3)ccc21. The summed E-state index contributed by atoms with van der Waals surface area (Å²) < 4.78 is 19.2. The molecule has 1 unspecified atom stereocenters. The maximum Gasteiger partial charge on any atom is 0.337 e. The number of pyridine rings is 1. The van der Waals surface area contributed by atoms with Crippen LogP contribution in [0.1, 0.15) is 28.3 Å². The number of ether oxygens (including phenoxy) is 1. The predicted octanol–water partition coefficient (Wildman–Crippen LogP) is 4.87. The summed E-state index contributed by atoms with van der Waals surface area (Å²) in [6.07, 6.45) is 3.81. The van der Waals surface area contributed by atoms with E-state index in [2.05, 4.69) is 10.3 Å². The van der Waals surface area contributed by atoms with Crippen molar-refractivity contribution >= 4 is 23.0 Å². The summed E-state index contributed by atoms with van der Waals surface area (Å²) >= 11 is 0. The molecule has 0 saturated carbocycles. The molecule has 7 heteroatoms. The van der Waals surface area contributed by atoms with Gasteiger partial charge in [0.15, 0.2) is 0 Å². The summed E-state index contributed by atoms with van der Waals surface area (Å²) in [5, 5.41) is 12.6. The predicted molar refractivity (Wildman–Crippen MR) is 118 cm³/mol. The number of hydrogen-bond donors (Lipinski definition) is 2. The maximum atomic E-state index is 13.2. The zero-order valence-electron chi connectivity index (χ0n) is 17.0. The number of aromatic nitrogens is 1. The number of aromatic carboxylic acids is 1. The number of carbonyl (C=O) groups is 1. The second-order valence-electron chi connectivity index (χ2n) is 7.34. The summed E-state index contributed by atoms with van der Waals surface area (Å²) in [6, 6.07) is 17.1. The fourth-order valence-electron chi connectivity index (χ4n) is 3.89. The highest BCUT2D eigenvalue weighted by atomic mass is 19.1. The zero-order valence-corrected chi connectivity index (χ0v) is 17.0. The first-order valence-corrected chi connectivity index (χ1v) is 10.2. The van der Waals surface area contributed by atoms with Crippen molar-refractivity contribution in [2.24, 2.45) is 0 Å². The molecule has 0 fully saturated rings. The van der Waals surface area contributed by atoms with Crippen LogP contribution in [-0.4, -0.2) is 42.4 Å². The Bertz CT molecular complexity index is 1050. The quantitative estimate of drug-likeness (QED) is 0.541. The first-order valence-electron chi connectivity index (χ1n) is 10.2. The zero-order chi connectivity index (χ0) is 21.6. The molecular weight excluding hydrogens is 397 g/mol. The average Bonchev–Trinajstić information content (AvgIpc) is 2.81. The van der Waals surface area contributed by atoms with Gasteiger partial charge in [-0.3, -0.25) is 4.98 Å². The summed E-state index contributed by atoms with van der Waals surface area (Å²) in [6.45, 7) is 0.924. The van der Waals surface area contributed by atoms with Gasteiger partial charge in [-0.2, -0.15) is 0 Å². The number of benzene rings is 2. The Morgan fingerprint density at radius 2 is 2.03 bits per heavy atom. The van der Waals surface area contributed by atoms with Crippen LogP contribution in [0.15, 0.2) is 67.0 Å². The van der Waals surface area contributed by atoms with Crippen molar-refractivity contribution in [1.29, 1.82) is 0 Å². The first kappa shape index (κ1) is 20.7. The number of carboxylic acids is 1. The lowest BCUT2D eigenvalue weighted by Crippen LogP contribution is -2.23. The smallest absolute Gasteiger partial charge is 0.337 e. The Balaban J connectivity index is 1.55. The van der Waals surface area contributed by atoms with E-state index >= 15 is 0 Å². The fraction of sp³-hybridized carbons (Fsp3) is 0.250. The monoisotopic (exact) mass is 421 g/mol. The van der Waals surface area contributed by atoms with Crippen LogP contribution in [0.25, 0.3) is 0 Å². The molecule has 0 aliphatic carbocycles. The molecule has 2 heterocycles. The highest BCUT2D eigenvalue weighted by Crippen LogP contribution is 2.38. The van der Waals surface area contributed by atoms with E-state index in [1.807, 2.05) is 53.4 Å². The normalized spacial score (nSPS) is 14.9. The van der Waals surface area contributed by atoms with Crippen LogP contribution >= 0.6 is 0 Å². The number of nitrogens with zero attached hydrogens (tertiary/aromatic N) is 2. The van der Waals surface area contributed by atoms with E-state index in [1.54, 1.807) is 0 Å². The first-order chi connectivity index (χ1) is 15.2. The molecule has 31 heavy (non-hydrogen) atoms. The van der Waals surface area contributed by atoms with Crippen LogP contribution in [-0.2, 0) is 0 Å². The van der Waals surface area contributed by atoms with Crippen molar-refractivity contribution in [2.75, 3.05) is 36.6 Å². The molecule has 160 valence electrons. The number of rotatable bonds is 8. The van der Waals surface area contributed by atoms with Crippen LogP contribution in [0.4, 0.5) is 21.5 Å². The van der Waals surface area contributed by atoms with Gasteiger partial charge in [0.05, 0.1) is 30.6 Å². The summed E-state index contributed by atoms with van der Waals surface area (Å²) in [7, 11) is 0. The van der Waals surface area contributed by atoms with Gasteiger partial charge in [-0.25, -0.2) is 9.18 Å². The molecule has 0 bridgehead atoms. The minimum atomic E-state index is -0.990. The summed E-state index contributed by atoms with van der Waals surface area (Å²) in [5.41, 5.74) is 3.54. The van der Waals surface area contributed by atoms with E-state index in [9.17, 15) is 14.3 Å². The van der Waals surface area contributed by atoms with Gasteiger partial charge in [0.1, 0.15) is 12.4 Å². The van der Waals surface area contributed by atoms with Crippen LogP contribution < -0.4 is 15.0 Å². The number of carboxylic acid groups (broad SMARTS) is 1. The lowest BCUT2D eigenvalue weighted by molar-refractivity contribution is 0.0697. The van der Waals surface area contributed by atoms with Crippen molar-refractivity contribution in [2.45, 2.75) is 12.3 Å². The van der Waals surface area contributed by atoms with Crippen LogP contribution in [0.5, 0.6) is 5.75 Å². The number of nitrogens with one attached hydrogen (secondary N) is 1. The maximum absolute atomic E-state index is 13.2. The van der Waals surface area contributed by atoms with E-state index in [-0.39, 0.29) is 18.0 Å². The van der Waals surface area contributed by atoms with Gasteiger partial charge in [-0.05, 0) is 36.2 Å². The van der Waals surface area contributed by atoms with E-state index in [4.69, 9.17) is 4.74 Å². The number of fused-ring (bicyclic) bond motifs is 1. The fourth-order valence-corrected chi connectivity index (χ4v) is 3.89. The molecule has 1 aliphatic rings.